The third kappa shape index (κ3) is 3.83. The fraction of sp³-hybridized carbons (Fsp3) is 0.222. The standard InChI is InChI=1S/C18H17BrN6O/c1-12-17(19)13(2)25(22-12)11-14-3-5-15(6-4-14)18(26)21-16-7-9-24(23-16)10-8-20/h3-7,9H,10-11H2,1-2H3,(H,21,23,26). The van der Waals surface area contributed by atoms with Gasteiger partial charge in [0.15, 0.2) is 5.82 Å². The Morgan fingerprint density at radius 1 is 1.23 bits per heavy atom. The van der Waals surface area contributed by atoms with Crippen LogP contribution < -0.4 is 5.32 Å². The number of nitrogens with zero attached hydrogens (tertiary/aromatic N) is 5. The van der Waals surface area contributed by atoms with Crippen LogP contribution in [0, 0.1) is 25.2 Å². The molecule has 3 rings (SSSR count). The molecule has 0 bridgehead atoms. The Labute approximate surface area is 159 Å². The van der Waals surface area contributed by atoms with Gasteiger partial charge in [-0.05, 0) is 47.5 Å². The summed E-state index contributed by atoms with van der Waals surface area (Å²) in [4.78, 5) is 12.3. The van der Waals surface area contributed by atoms with Gasteiger partial charge in [-0.2, -0.15) is 15.5 Å². The van der Waals surface area contributed by atoms with Crippen LogP contribution in [0.25, 0.3) is 0 Å². The lowest BCUT2D eigenvalue weighted by Gasteiger charge is -2.06. The van der Waals surface area contributed by atoms with E-state index in [2.05, 4.69) is 31.4 Å². The molecule has 26 heavy (non-hydrogen) atoms. The molecule has 2 aromatic heterocycles. The van der Waals surface area contributed by atoms with E-state index in [-0.39, 0.29) is 12.5 Å². The summed E-state index contributed by atoms with van der Waals surface area (Å²) in [6.45, 7) is 4.75. The number of aromatic nitrogens is 4. The van der Waals surface area contributed by atoms with Gasteiger partial charge in [-0.15, -0.1) is 0 Å². The summed E-state index contributed by atoms with van der Waals surface area (Å²) in [7, 11) is 0. The van der Waals surface area contributed by atoms with Gasteiger partial charge in [0.1, 0.15) is 6.54 Å². The number of anilines is 1. The highest BCUT2D eigenvalue weighted by molar-refractivity contribution is 9.10. The molecule has 0 fully saturated rings. The van der Waals surface area contributed by atoms with Crippen molar-refractivity contribution >= 4 is 27.7 Å². The topological polar surface area (TPSA) is 88.5 Å². The Morgan fingerprint density at radius 2 is 1.96 bits per heavy atom. The first-order valence-electron chi connectivity index (χ1n) is 7.98. The average molecular weight is 413 g/mol. The Bertz CT molecular complexity index is 980. The van der Waals surface area contributed by atoms with Crippen molar-refractivity contribution in [2.75, 3.05) is 5.32 Å². The lowest BCUT2D eigenvalue weighted by atomic mass is 10.1. The molecule has 1 aromatic carbocycles. The van der Waals surface area contributed by atoms with Crippen molar-refractivity contribution in [1.82, 2.24) is 19.6 Å². The number of amides is 1. The van der Waals surface area contributed by atoms with Crippen LogP contribution in [0.3, 0.4) is 0 Å². The summed E-state index contributed by atoms with van der Waals surface area (Å²) >= 11 is 3.53. The van der Waals surface area contributed by atoms with E-state index in [9.17, 15) is 4.79 Å². The molecule has 7 nitrogen and oxygen atoms in total. The zero-order chi connectivity index (χ0) is 18.7. The fourth-order valence-electron chi connectivity index (χ4n) is 2.54. The maximum Gasteiger partial charge on any atom is 0.256 e. The highest BCUT2D eigenvalue weighted by atomic mass is 79.9. The van der Waals surface area contributed by atoms with E-state index in [1.54, 1.807) is 24.4 Å². The predicted octanol–water partition coefficient (Wildman–Crippen LogP) is 3.28. The number of rotatable bonds is 5. The van der Waals surface area contributed by atoms with Crippen molar-refractivity contribution in [1.29, 1.82) is 5.26 Å². The largest absolute Gasteiger partial charge is 0.305 e. The smallest absolute Gasteiger partial charge is 0.256 e. The molecule has 0 radical (unpaired) electrons. The summed E-state index contributed by atoms with van der Waals surface area (Å²) in [5, 5.41) is 20.0. The van der Waals surface area contributed by atoms with Gasteiger partial charge in [-0.3, -0.25) is 14.2 Å². The molecule has 0 aliphatic heterocycles. The highest BCUT2D eigenvalue weighted by Gasteiger charge is 2.11. The van der Waals surface area contributed by atoms with E-state index in [1.165, 1.54) is 4.68 Å². The number of nitrogens with one attached hydrogen (secondary N) is 1. The second-order valence-electron chi connectivity index (χ2n) is 5.85. The molecule has 0 unspecified atom stereocenters. The maximum absolute atomic E-state index is 12.3. The first kappa shape index (κ1) is 17.9. The normalized spacial score (nSPS) is 10.5. The van der Waals surface area contributed by atoms with E-state index in [0.717, 1.165) is 21.4 Å². The van der Waals surface area contributed by atoms with Crippen molar-refractivity contribution in [3.8, 4) is 6.07 Å². The van der Waals surface area contributed by atoms with Gasteiger partial charge in [0.05, 0.1) is 28.5 Å². The van der Waals surface area contributed by atoms with Gasteiger partial charge >= 0.3 is 0 Å². The zero-order valence-corrected chi connectivity index (χ0v) is 16.0. The Balaban J connectivity index is 1.67. The molecule has 3 aromatic rings. The zero-order valence-electron chi connectivity index (χ0n) is 14.4. The average Bonchev–Trinajstić information content (AvgIpc) is 3.16. The molecule has 1 amide bonds. The molecular weight excluding hydrogens is 396 g/mol. The van der Waals surface area contributed by atoms with E-state index >= 15 is 0 Å². The number of aryl methyl sites for hydroxylation is 1. The lowest BCUT2D eigenvalue weighted by molar-refractivity contribution is 0.102. The van der Waals surface area contributed by atoms with Crippen LogP contribution in [0.1, 0.15) is 27.3 Å². The Kier molecular flexibility index (Phi) is 5.19. The van der Waals surface area contributed by atoms with Crippen LogP contribution in [0.4, 0.5) is 5.82 Å². The van der Waals surface area contributed by atoms with Crippen molar-refractivity contribution < 1.29 is 4.79 Å². The van der Waals surface area contributed by atoms with Crippen LogP contribution in [-0.2, 0) is 13.1 Å². The van der Waals surface area contributed by atoms with Gasteiger partial charge in [-0.1, -0.05) is 12.1 Å². The van der Waals surface area contributed by atoms with Crippen molar-refractivity contribution in [2.45, 2.75) is 26.9 Å². The fourth-order valence-corrected chi connectivity index (χ4v) is 2.82. The summed E-state index contributed by atoms with van der Waals surface area (Å²) in [5.41, 5.74) is 3.61. The molecule has 8 heteroatoms. The molecule has 0 atom stereocenters. The maximum atomic E-state index is 12.3. The quantitative estimate of drug-likeness (QED) is 0.695. The van der Waals surface area contributed by atoms with E-state index in [1.807, 2.05) is 36.7 Å². The summed E-state index contributed by atoms with van der Waals surface area (Å²) in [5.74, 6) is 0.175. The van der Waals surface area contributed by atoms with Gasteiger partial charge in [0.25, 0.3) is 5.91 Å². The second kappa shape index (κ2) is 7.54. The minimum atomic E-state index is -0.243. The molecule has 0 saturated carbocycles. The summed E-state index contributed by atoms with van der Waals surface area (Å²) in [6.07, 6.45) is 1.65. The predicted molar refractivity (Wildman–Crippen MR) is 101 cm³/mol. The number of nitriles is 1. The highest BCUT2D eigenvalue weighted by Crippen LogP contribution is 2.20. The Hall–Kier alpha value is -2.92. The van der Waals surface area contributed by atoms with Crippen LogP contribution >= 0.6 is 15.9 Å². The van der Waals surface area contributed by atoms with Crippen molar-refractivity contribution in [3.63, 3.8) is 0 Å². The van der Waals surface area contributed by atoms with Crippen LogP contribution in [0.2, 0.25) is 0 Å². The molecule has 1 N–H and O–H groups in total. The lowest BCUT2D eigenvalue weighted by Crippen LogP contribution is -2.13. The first-order valence-corrected chi connectivity index (χ1v) is 8.77. The number of carbonyl (C=O) groups excluding carboxylic acids is 1. The van der Waals surface area contributed by atoms with Crippen LogP contribution in [0.5, 0.6) is 0 Å². The third-order valence-corrected chi connectivity index (χ3v) is 5.10. The van der Waals surface area contributed by atoms with E-state index < -0.39 is 0 Å². The molecule has 0 spiro atoms. The van der Waals surface area contributed by atoms with Crippen LogP contribution in [0.15, 0.2) is 41.0 Å². The van der Waals surface area contributed by atoms with Gasteiger partial charge in [0, 0.05) is 17.8 Å². The Morgan fingerprint density at radius 3 is 2.58 bits per heavy atom. The number of halogens is 1. The number of hydrogen-bond donors (Lipinski definition) is 1. The SMILES string of the molecule is Cc1nn(Cc2ccc(C(=O)Nc3ccn(CC#N)n3)cc2)c(C)c1Br. The summed E-state index contributed by atoms with van der Waals surface area (Å²) in [6, 6.07) is 11.0. The minimum Gasteiger partial charge on any atom is -0.305 e. The second-order valence-corrected chi connectivity index (χ2v) is 6.64. The molecule has 2 heterocycles. The van der Waals surface area contributed by atoms with Gasteiger partial charge in [-0.25, -0.2) is 0 Å². The van der Waals surface area contributed by atoms with Gasteiger partial charge < -0.3 is 5.32 Å². The van der Waals surface area contributed by atoms with Crippen molar-refractivity contribution in [2.24, 2.45) is 0 Å². The first-order chi connectivity index (χ1) is 12.5. The minimum absolute atomic E-state index is 0.146. The van der Waals surface area contributed by atoms with Crippen LogP contribution in [-0.4, -0.2) is 25.5 Å². The number of benzene rings is 1. The van der Waals surface area contributed by atoms with E-state index in [4.69, 9.17) is 5.26 Å². The number of carbonyl (C=O) groups is 1. The molecule has 132 valence electrons. The number of hydrogen-bond acceptors (Lipinski definition) is 4. The van der Waals surface area contributed by atoms with Crippen molar-refractivity contribution in [3.05, 3.63) is 63.5 Å². The molecule has 0 saturated heterocycles. The summed E-state index contributed by atoms with van der Waals surface area (Å²) < 4.78 is 4.41. The molecule has 0 aliphatic rings. The third-order valence-electron chi connectivity index (χ3n) is 3.96. The monoisotopic (exact) mass is 412 g/mol. The molecular formula is C18H17BrN6O. The molecule has 0 aliphatic carbocycles. The van der Waals surface area contributed by atoms with E-state index in [0.29, 0.717) is 17.9 Å². The van der Waals surface area contributed by atoms with Gasteiger partial charge in [0.2, 0.25) is 0 Å².